The lowest BCUT2D eigenvalue weighted by molar-refractivity contribution is 0.475. The molecule has 3 rings (SSSR count). The molecule has 1 atom stereocenters. The van der Waals surface area contributed by atoms with E-state index >= 15 is 0 Å². The van der Waals surface area contributed by atoms with Gasteiger partial charge in [-0.1, -0.05) is 36.4 Å². The lowest BCUT2D eigenvalue weighted by Gasteiger charge is -2.16. The van der Waals surface area contributed by atoms with Crippen molar-refractivity contribution in [3.05, 3.63) is 69.9 Å². The third kappa shape index (κ3) is 2.26. The molecule has 0 aliphatic heterocycles. The number of hydrazine groups is 1. The highest BCUT2D eigenvalue weighted by Gasteiger charge is 2.19. The van der Waals surface area contributed by atoms with Crippen molar-refractivity contribution < 1.29 is 4.42 Å². The van der Waals surface area contributed by atoms with Crippen LogP contribution >= 0.6 is 15.9 Å². The van der Waals surface area contributed by atoms with Gasteiger partial charge in [0.2, 0.25) is 0 Å². The number of nitrogens with one attached hydrogen (secondary N) is 1. The molecule has 0 bridgehead atoms. The molecule has 3 nitrogen and oxygen atoms in total. The number of benzene rings is 2. The monoisotopic (exact) mass is 330 g/mol. The van der Waals surface area contributed by atoms with Gasteiger partial charge in [0.1, 0.15) is 17.4 Å². The van der Waals surface area contributed by atoms with Gasteiger partial charge in [-0.15, -0.1) is 0 Å². The van der Waals surface area contributed by atoms with Gasteiger partial charge in [-0.05, 0) is 46.1 Å². The normalized spacial score (nSPS) is 12.8. The Morgan fingerprint density at radius 1 is 1.15 bits per heavy atom. The van der Waals surface area contributed by atoms with Crippen molar-refractivity contribution in [3.8, 4) is 0 Å². The molecule has 0 spiro atoms. The first-order valence-corrected chi connectivity index (χ1v) is 7.19. The van der Waals surface area contributed by atoms with Crippen molar-refractivity contribution in [2.45, 2.75) is 13.0 Å². The Hall–Kier alpha value is -1.62. The Morgan fingerprint density at radius 2 is 1.95 bits per heavy atom. The van der Waals surface area contributed by atoms with Crippen molar-refractivity contribution in [1.82, 2.24) is 5.43 Å². The Bertz CT molecular complexity index is 751. The van der Waals surface area contributed by atoms with E-state index in [1.807, 2.05) is 36.4 Å². The van der Waals surface area contributed by atoms with Gasteiger partial charge in [-0.2, -0.15) is 0 Å². The standard InChI is InChI=1S/C16H15BrN2O/c1-10-5-2-3-7-12(10)15(19-18)14-9-11-6-4-8-13(17)16(11)20-14/h2-9,15,19H,18H2,1H3. The summed E-state index contributed by atoms with van der Waals surface area (Å²) in [5.41, 5.74) is 5.98. The number of hydrogen-bond acceptors (Lipinski definition) is 3. The summed E-state index contributed by atoms with van der Waals surface area (Å²) in [6.07, 6.45) is 0. The van der Waals surface area contributed by atoms with Crippen LogP contribution in [0.25, 0.3) is 11.0 Å². The number of rotatable bonds is 3. The van der Waals surface area contributed by atoms with Crippen LogP contribution in [0, 0.1) is 6.92 Å². The molecule has 1 aromatic heterocycles. The lowest BCUT2D eigenvalue weighted by Crippen LogP contribution is -2.29. The quantitative estimate of drug-likeness (QED) is 0.562. The summed E-state index contributed by atoms with van der Waals surface area (Å²) < 4.78 is 6.92. The van der Waals surface area contributed by atoms with Gasteiger partial charge in [-0.25, -0.2) is 5.43 Å². The molecule has 3 aromatic rings. The van der Waals surface area contributed by atoms with Crippen molar-refractivity contribution in [1.29, 1.82) is 0 Å². The zero-order valence-corrected chi connectivity index (χ0v) is 12.6. The molecular weight excluding hydrogens is 316 g/mol. The Kier molecular flexibility index (Phi) is 3.61. The zero-order chi connectivity index (χ0) is 14.1. The summed E-state index contributed by atoms with van der Waals surface area (Å²) in [6.45, 7) is 2.07. The average molecular weight is 331 g/mol. The minimum absolute atomic E-state index is 0.157. The minimum atomic E-state index is -0.157. The molecule has 0 fully saturated rings. The lowest BCUT2D eigenvalue weighted by atomic mass is 10.00. The van der Waals surface area contributed by atoms with Crippen LogP contribution in [0.1, 0.15) is 22.9 Å². The summed E-state index contributed by atoms with van der Waals surface area (Å²) in [4.78, 5) is 0. The third-order valence-corrected chi connectivity index (χ3v) is 4.09. The Balaban J connectivity index is 2.12. The number of para-hydroxylation sites is 1. The fraction of sp³-hybridized carbons (Fsp3) is 0.125. The first-order valence-electron chi connectivity index (χ1n) is 6.40. The van der Waals surface area contributed by atoms with E-state index in [-0.39, 0.29) is 6.04 Å². The molecule has 0 saturated carbocycles. The van der Waals surface area contributed by atoms with E-state index < -0.39 is 0 Å². The summed E-state index contributed by atoms with van der Waals surface area (Å²) in [7, 11) is 0. The number of nitrogens with two attached hydrogens (primary N) is 1. The molecule has 0 amide bonds. The summed E-state index contributed by atoms with van der Waals surface area (Å²) in [5.74, 6) is 6.55. The first kappa shape index (κ1) is 13.4. The highest BCUT2D eigenvalue weighted by atomic mass is 79.9. The van der Waals surface area contributed by atoms with Crippen molar-refractivity contribution in [2.24, 2.45) is 5.84 Å². The number of aryl methyl sites for hydroxylation is 1. The van der Waals surface area contributed by atoms with Crippen LogP contribution < -0.4 is 11.3 Å². The van der Waals surface area contributed by atoms with Gasteiger partial charge < -0.3 is 4.42 Å². The topological polar surface area (TPSA) is 51.2 Å². The molecule has 20 heavy (non-hydrogen) atoms. The molecular formula is C16H15BrN2O. The molecule has 1 unspecified atom stereocenters. The van der Waals surface area contributed by atoms with Gasteiger partial charge in [-0.3, -0.25) is 5.84 Å². The highest BCUT2D eigenvalue weighted by molar-refractivity contribution is 9.10. The maximum atomic E-state index is 5.97. The van der Waals surface area contributed by atoms with E-state index in [1.54, 1.807) is 0 Å². The van der Waals surface area contributed by atoms with Crippen LogP contribution in [0.2, 0.25) is 0 Å². The predicted molar refractivity (Wildman–Crippen MR) is 84.3 cm³/mol. The van der Waals surface area contributed by atoms with E-state index in [0.717, 1.165) is 26.8 Å². The Labute approximate surface area is 125 Å². The molecule has 1 heterocycles. The maximum Gasteiger partial charge on any atom is 0.148 e. The van der Waals surface area contributed by atoms with Crippen LogP contribution in [0.15, 0.2) is 57.4 Å². The second-order valence-corrected chi connectivity index (χ2v) is 5.62. The third-order valence-electron chi connectivity index (χ3n) is 3.47. The largest absolute Gasteiger partial charge is 0.458 e. The van der Waals surface area contributed by atoms with Gasteiger partial charge in [0.05, 0.1) is 4.47 Å². The van der Waals surface area contributed by atoms with E-state index in [2.05, 4.69) is 40.4 Å². The van der Waals surface area contributed by atoms with E-state index in [1.165, 1.54) is 5.56 Å². The molecule has 0 aliphatic rings. The van der Waals surface area contributed by atoms with Gasteiger partial charge in [0, 0.05) is 5.39 Å². The fourth-order valence-corrected chi connectivity index (χ4v) is 2.89. The van der Waals surface area contributed by atoms with E-state index in [0.29, 0.717) is 0 Å². The predicted octanol–water partition coefficient (Wildman–Crippen LogP) is 4.06. The van der Waals surface area contributed by atoms with Crippen molar-refractivity contribution in [2.75, 3.05) is 0 Å². The maximum absolute atomic E-state index is 5.97. The molecule has 0 radical (unpaired) electrons. The molecule has 0 saturated heterocycles. The summed E-state index contributed by atoms with van der Waals surface area (Å²) in [6, 6.07) is 16.0. The van der Waals surface area contributed by atoms with Crippen LogP contribution in [0.3, 0.4) is 0 Å². The highest BCUT2D eigenvalue weighted by Crippen LogP contribution is 2.32. The number of furan rings is 1. The smallest absolute Gasteiger partial charge is 0.148 e. The van der Waals surface area contributed by atoms with E-state index in [4.69, 9.17) is 10.3 Å². The molecule has 3 N–H and O–H groups in total. The minimum Gasteiger partial charge on any atom is -0.458 e. The SMILES string of the molecule is Cc1ccccc1C(NN)c1cc2cccc(Br)c2o1. The second kappa shape index (κ2) is 5.40. The number of halogens is 1. The van der Waals surface area contributed by atoms with Crippen molar-refractivity contribution >= 4 is 26.9 Å². The molecule has 0 aliphatic carbocycles. The van der Waals surface area contributed by atoms with Gasteiger partial charge >= 0.3 is 0 Å². The molecule has 102 valence electrons. The van der Waals surface area contributed by atoms with Gasteiger partial charge in [0.25, 0.3) is 0 Å². The van der Waals surface area contributed by atoms with Crippen LogP contribution in [-0.2, 0) is 0 Å². The molecule has 2 aromatic carbocycles. The number of hydrogen-bond donors (Lipinski definition) is 2. The number of fused-ring (bicyclic) bond motifs is 1. The van der Waals surface area contributed by atoms with Gasteiger partial charge in [0.15, 0.2) is 0 Å². The van der Waals surface area contributed by atoms with E-state index in [9.17, 15) is 0 Å². The second-order valence-electron chi connectivity index (χ2n) is 4.76. The van der Waals surface area contributed by atoms with Crippen molar-refractivity contribution in [3.63, 3.8) is 0 Å². The first-order chi connectivity index (χ1) is 9.70. The fourth-order valence-electron chi connectivity index (χ4n) is 2.43. The average Bonchev–Trinajstić information content (AvgIpc) is 2.87. The van der Waals surface area contributed by atoms with Crippen LogP contribution in [0.5, 0.6) is 0 Å². The Morgan fingerprint density at radius 3 is 2.65 bits per heavy atom. The van der Waals surface area contributed by atoms with Crippen LogP contribution in [-0.4, -0.2) is 0 Å². The summed E-state index contributed by atoms with van der Waals surface area (Å²) >= 11 is 3.51. The molecule has 4 heteroatoms. The summed E-state index contributed by atoms with van der Waals surface area (Å²) in [5, 5.41) is 1.06. The van der Waals surface area contributed by atoms with Crippen LogP contribution in [0.4, 0.5) is 0 Å². The zero-order valence-electron chi connectivity index (χ0n) is 11.1.